The van der Waals surface area contributed by atoms with E-state index in [9.17, 15) is 4.79 Å². The van der Waals surface area contributed by atoms with Gasteiger partial charge in [0.25, 0.3) is 5.91 Å². The molecule has 1 aliphatic rings. The van der Waals surface area contributed by atoms with Crippen molar-refractivity contribution in [3.8, 4) is 0 Å². The molecule has 1 saturated heterocycles. The molecule has 31 heavy (non-hydrogen) atoms. The van der Waals surface area contributed by atoms with Gasteiger partial charge in [-0.2, -0.15) is 0 Å². The molecule has 1 aliphatic heterocycles. The van der Waals surface area contributed by atoms with Gasteiger partial charge >= 0.3 is 0 Å². The normalized spacial score (nSPS) is 16.0. The summed E-state index contributed by atoms with van der Waals surface area (Å²) in [6.45, 7) is 6.84. The van der Waals surface area contributed by atoms with Crippen LogP contribution in [0.5, 0.6) is 0 Å². The molecule has 170 valence electrons. The number of benzene rings is 1. The number of hydrogen-bond donors (Lipinski definition) is 3. The van der Waals surface area contributed by atoms with Gasteiger partial charge in [0.2, 0.25) is 0 Å². The number of carbonyl (C=O) groups excluding carboxylic acids is 1. The molecule has 0 spiro atoms. The van der Waals surface area contributed by atoms with Crippen molar-refractivity contribution in [3.63, 3.8) is 0 Å². The zero-order valence-electron chi connectivity index (χ0n) is 18.4. The third-order valence-corrected chi connectivity index (χ3v) is 6.22. The van der Waals surface area contributed by atoms with E-state index in [2.05, 4.69) is 32.9 Å². The molecule has 1 unspecified atom stereocenters. The smallest absolute Gasteiger partial charge is 0.251 e. The molecule has 9 heteroatoms. The van der Waals surface area contributed by atoms with Crippen molar-refractivity contribution < 1.29 is 9.53 Å². The molecule has 1 amide bonds. The lowest BCUT2D eigenvalue weighted by molar-refractivity contribution is 0.0857. The van der Waals surface area contributed by atoms with Crippen LogP contribution in [0.3, 0.4) is 0 Å². The van der Waals surface area contributed by atoms with Crippen LogP contribution in [0.25, 0.3) is 0 Å². The molecule has 2 heterocycles. The van der Waals surface area contributed by atoms with Crippen molar-refractivity contribution in [1.82, 2.24) is 20.9 Å². The molecule has 0 bridgehead atoms. The summed E-state index contributed by atoms with van der Waals surface area (Å²) in [6.07, 6.45) is 3.09. The van der Waals surface area contributed by atoms with Crippen molar-refractivity contribution >= 4 is 47.2 Å². The summed E-state index contributed by atoms with van der Waals surface area (Å²) in [6, 6.07) is 7.64. The van der Waals surface area contributed by atoms with Gasteiger partial charge in [-0.05, 0) is 44.4 Å². The van der Waals surface area contributed by atoms with E-state index in [0.29, 0.717) is 18.7 Å². The number of carbonyl (C=O) groups is 1. The number of nitrogens with one attached hydrogen (secondary N) is 3. The first-order valence-electron chi connectivity index (χ1n) is 10.4. The topological polar surface area (TPSA) is 87.6 Å². The molecule has 0 aliphatic carbocycles. The van der Waals surface area contributed by atoms with Crippen LogP contribution in [0, 0.1) is 13.8 Å². The molecular weight excluding hydrogens is 525 g/mol. The Hall–Kier alpha value is -1.72. The van der Waals surface area contributed by atoms with Gasteiger partial charge in [-0.1, -0.05) is 12.1 Å². The SMILES string of the molecule is CN=C(NCCc1nc(C)c(C)s1)NCc1cccc(C(=O)NCC2CCCO2)c1.I. The Morgan fingerprint density at radius 1 is 1.29 bits per heavy atom. The van der Waals surface area contributed by atoms with Crippen LogP contribution in [0.4, 0.5) is 0 Å². The van der Waals surface area contributed by atoms with E-state index in [1.54, 1.807) is 18.4 Å². The van der Waals surface area contributed by atoms with E-state index in [1.165, 1.54) is 4.88 Å². The third-order valence-electron chi connectivity index (χ3n) is 5.09. The fourth-order valence-corrected chi connectivity index (χ4v) is 4.21. The third kappa shape index (κ3) is 8.04. The van der Waals surface area contributed by atoms with Gasteiger partial charge in [0.1, 0.15) is 0 Å². The zero-order chi connectivity index (χ0) is 21.3. The first kappa shape index (κ1) is 25.5. The van der Waals surface area contributed by atoms with E-state index in [0.717, 1.165) is 54.6 Å². The minimum atomic E-state index is -0.0658. The Bertz CT molecular complexity index is 861. The van der Waals surface area contributed by atoms with E-state index in [1.807, 2.05) is 31.2 Å². The zero-order valence-corrected chi connectivity index (χ0v) is 21.5. The predicted octanol–water partition coefficient (Wildman–Crippen LogP) is 3.19. The minimum absolute atomic E-state index is 0. The van der Waals surface area contributed by atoms with Gasteiger partial charge in [-0.25, -0.2) is 4.98 Å². The predicted molar refractivity (Wildman–Crippen MR) is 137 cm³/mol. The summed E-state index contributed by atoms with van der Waals surface area (Å²) < 4.78 is 5.56. The molecule has 3 rings (SSSR count). The van der Waals surface area contributed by atoms with Gasteiger partial charge in [0.15, 0.2) is 5.96 Å². The highest BCUT2D eigenvalue weighted by molar-refractivity contribution is 14.0. The number of hydrogen-bond acceptors (Lipinski definition) is 5. The summed E-state index contributed by atoms with van der Waals surface area (Å²) in [5.74, 6) is 0.664. The number of amides is 1. The van der Waals surface area contributed by atoms with Crippen LogP contribution in [0.1, 0.15) is 44.3 Å². The highest BCUT2D eigenvalue weighted by atomic mass is 127. The molecule has 0 saturated carbocycles. The number of nitrogens with zero attached hydrogens (tertiary/aromatic N) is 2. The largest absolute Gasteiger partial charge is 0.376 e. The molecule has 2 aromatic rings. The maximum absolute atomic E-state index is 12.4. The lowest BCUT2D eigenvalue weighted by atomic mass is 10.1. The number of ether oxygens (including phenoxy) is 1. The van der Waals surface area contributed by atoms with Crippen LogP contribution in [0.15, 0.2) is 29.3 Å². The summed E-state index contributed by atoms with van der Waals surface area (Å²) in [5, 5.41) is 10.7. The Labute approximate surface area is 205 Å². The fourth-order valence-electron chi connectivity index (χ4n) is 3.28. The number of guanidine groups is 1. The molecule has 1 aromatic carbocycles. The number of aryl methyl sites for hydroxylation is 2. The molecule has 0 radical (unpaired) electrons. The van der Waals surface area contributed by atoms with Crippen LogP contribution in [0.2, 0.25) is 0 Å². The number of halogens is 1. The first-order chi connectivity index (χ1) is 14.5. The van der Waals surface area contributed by atoms with Gasteiger partial charge < -0.3 is 20.7 Å². The maximum Gasteiger partial charge on any atom is 0.251 e. The average Bonchev–Trinajstić information content (AvgIpc) is 3.38. The highest BCUT2D eigenvalue weighted by Gasteiger charge is 2.16. The Balaban J connectivity index is 0.00000341. The Morgan fingerprint density at radius 3 is 2.81 bits per heavy atom. The maximum atomic E-state index is 12.4. The minimum Gasteiger partial charge on any atom is -0.376 e. The first-order valence-corrected chi connectivity index (χ1v) is 11.2. The van der Waals surface area contributed by atoms with Crippen molar-refractivity contribution in [3.05, 3.63) is 51.0 Å². The van der Waals surface area contributed by atoms with Crippen LogP contribution < -0.4 is 16.0 Å². The molecular formula is C22H32IN5O2S. The Morgan fingerprint density at radius 2 is 2.13 bits per heavy atom. The van der Waals surface area contributed by atoms with Crippen molar-refractivity contribution in [1.29, 1.82) is 0 Å². The van der Waals surface area contributed by atoms with E-state index >= 15 is 0 Å². The monoisotopic (exact) mass is 557 g/mol. The van der Waals surface area contributed by atoms with E-state index in [4.69, 9.17) is 4.74 Å². The quantitative estimate of drug-likeness (QED) is 0.264. The molecule has 7 nitrogen and oxygen atoms in total. The molecule has 1 aromatic heterocycles. The lowest BCUT2D eigenvalue weighted by Gasteiger charge is -2.13. The second-order valence-electron chi connectivity index (χ2n) is 7.40. The van der Waals surface area contributed by atoms with Gasteiger partial charge in [-0.15, -0.1) is 35.3 Å². The number of thiazole rings is 1. The number of rotatable bonds is 8. The fraction of sp³-hybridized carbons (Fsp3) is 0.500. The van der Waals surface area contributed by atoms with Crippen molar-refractivity contribution in [2.75, 3.05) is 26.7 Å². The number of aliphatic imine (C=N–C) groups is 1. The summed E-state index contributed by atoms with van der Waals surface area (Å²) in [5.41, 5.74) is 2.79. The van der Waals surface area contributed by atoms with Gasteiger partial charge in [-0.3, -0.25) is 9.79 Å². The van der Waals surface area contributed by atoms with Gasteiger partial charge in [0, 0.05) is 50.2 Å². The summed E-state index contributed by atoms with van der Waals surface area (Å²) in [4.78, 5) is 22.5. The average molecular weight is 558 g/mol. The van der Waals surface area contributed by atoms with Crippen LogP contribution in [-0.2, 0) is 17.7 Å². The second kappa shape index (κ2) is 13.0. The number of aromatic nitrogens is 1. The van der Waals surface area contributed by atoms with Crippen LogP contribution in [-0.4, -0.2) is 49.7 Å². The summed E-state index contributed by atoms with van der Waals surface area (Å²) >= 11 is 1.74. The second-order valence-corrected chi connectivity index (χ2v) is 8.68. The Kier molecular flexibility index (Phi) is 10.7. The van der Waals surface area contributed by atoms with Crippen LogP contribution >= 0.6 is 35.3 Å². The molecule has 3 N–H and O–H groups in total. The van der Waals surface area contributed by atoms with E-state index < -0.39 is 0 Å². The molecule has 1 atom stereocenters. The lowest BCUT2D eigenvalue weighted by Crippen LogP contribution is -2.38. The summed E-state index contributed by atoms with van der Waals surface area (Å²) in [7, 11) is 1.75. The standard InChI is InChI=1S/C22H31N5O2S.HI/c1-15-16(2)30-20(27-15)9-10-24-22(23-3)26-13-17-6-4-7-18(12-17)21(28)25-14-19-8-5-11-29-19;/h4,6-7,12,19H,5,8-11,13-14H2,1-3H3,(H,25,28)(H2,23,24,26);1H. The molecule has 1 fully saturated rings. The van der Waals surface area contributed by atoms with Crippen molar-refractivity contribution in [2.45, 2.75) is 45.8 Å². The highest BCUT2D eigenvalue weighted by Crippen LogP contribution is 2.16. The van der Waals surface area contributed by atoms with Crippen molar-refractivity contribution in [2.24, 2.45) is 4.99 Å². The van der Waals surface area contributed by atoms with Gasteiger partial charge in [0.05, 0.1) is 16.8 Å². The van der Waals surface area contributed by atoms with E-state index in [-0.39, 0.29) is 36.0 Å².